The minimum atomic E-state index is -0.146. The standard InChI is InChI=1S/C25H30N4O2S/c1-19(30)27-21-7-4-6-20(18-21)25(31)26-11-2-3-12-28-13-15-29(16-14-28)23-8-5-9-24-22(23)10-17-32-24/h4-10,17-18H,2-3,11-16H2,1H3,(H,26,31)(H,27,30). The Kier molecular flexibility index (Phi) is 7.39. The van der Waals surface area contributed by atoms with Gasteiger partial charge in [0.25, 0.3) is 5.91 Å². The van der Waals surface area contributed by atoms with Crippen LogP contribution in [0.4, 0.5) is 11.4 Å². The van der Waals surface area contributed by atoms with Crippen LogP contribution < -0.4 is 15.5 Å². The molecule has 0 saturated carbocycles. The Balaban J connectivity index is 1.15. The van der Waals surface area contributed by atoms with Gasteiger partial charge in [-0.05, 0) is 61.2 Å². The van der Waals surface area contributed by atoms with Gasteiger partial charge in [-0.15, -0.1) is 11.3 Å². The van der Waals surface area contributed by atoms with Crippen LogP contribution in [0.5, 0.6) is 0 Å². The fourth-order valence-electron chi connectivity index (χ4n) is 4.17. The van der Waals surface area contributed by atoms with Gasteiger partial charge in [-0.1, -0.05) is 12.1 Å². The summed E-state index contributed by atoms with van der Waals surface area (Å²) in [5.74, 6) is -0.250. The predicted octanol–water partition coefficient (Wildman–Crippen LogP) is 4.19. The molecule has 1 saturated heterocycles. The minimum absolute atomic E-state index is 0.103. The van der Waals surface area contributed by atoms with Crippen molar-refractivity contribution in [3.63, 3.8) is 0 Å². The number of rotatable bonds is 8. The molecule has 32 heavy (non-hydrogen) atoms. The molecular weight excluding hydrogens is 420 g/mol. The zero-order chi connectivity index (χ0) is 22.3. The van der Waals surface area contributed by atoms with Crippen LogP contribution >= 0.6 is 11.3 Å². The van der Waals surface area contributed by atoms with Crippen molar-refractivity contribution >= 4 is 44.6 Å². The number of anilines is 2. The van der Waals surface area contributed by atoms with Gasteiger partial charge in [0.2, 0.25) is 5.91 Å². The van der Waals surface area contributed by atoms with Crippen molar-refractivity contribution in [3.8, 4) is 0 Å². The molecule has 2 amide bonds. The van der Waals surface area contributed by atoms with Crippen molar-refractivity contribution < 1.29 is 9.59 Å². The van der Waals surface area contributed by atoms with Gasteiger partial charge in [0.05, 0.1) is 0 Å². The van der Waals surface area contributed by atoms with Crippen molar-refractivity contribution in [1.29, 1.82) is 0 Å². The van der Waals surface area contributed by atoms with Crippen molar-refractivity contribution in [2.75, 3.05) is 49.5 Å². The van der Waals surface area contributed by atoms with Crippen LogP contribution in [0.2, 0.25) is 0 Å². The molecule has 168 valence electrons. The Morgan fingerprint density at radius 1 is 1.00 bits per heavy atom. The summed E-state index contributed by atoms with van der Waals surface area (Å²) in [6, 6.07) is 15.8. The Morgan fingerprint density at radius 2 is 1.81 bits per heavy atom. The van der Waals surface area contributed by atoms with Crippen LogP contribution in [0, 0.1) is 0 Å². The highest BCUT2D eigenvalue weighted by molar-refractivity contribution is 7.17. The Morgan fingerprint density at radius 3 is 2.62 bits per heavy atom. The largest absolute Gasteiger partial charge is 0.368 e. The van der Waals surface area contributed by atoms with Crippen LogP contribution in [0.25, 0.3) is 10.1 Å². The average molecular weight is 451 g/mol. The molecule has 1 aliphatic rings. The second-order valence-electron chi connectivity index (χ2n) is 8.16. The third-order valence-corrected chi connectivity index (χ3v) is 6.70. The summed E-state index contributed by atoms with van der Waals surface area (Å²) in [5.41, 5.74) is 2.56. The number of benzene rings is 2. The summed E-state index contributed by atoms with van der Waals surface area (Å²) in [5, 5.41) is 9.22. The van der Waals surface area contributed by atoms with E-state index in [0.717, 1.165) is 45.6 Å². The predicted molar refractivity (Wildman–Crippen MR) is 133 cm³/mol. The molecule has 2 aromatic carbocycles. The first-order valence-corrected chi connectivity index (χ1v) is 12.1. The van der Waals surface area contributed by atoms with E-state index in [1.807, 2.05) is 0 Å². The number of nitrogens with one attached hydrogen (secondary N) is 2. The van der Waals surface area contributed by atoms with Crippen molar-refractivity contribution in [2.45, 2.75) is 19.8 Å². The third-order valence-electron chi connectivity index (χ3n) is 5.82. The second-order valence-corrected chi connectivity index (χ2v) is 9.11. The van der Waals surface area contributed by atoms with Crippen molar-refractivity contribution in [1.82, 2.24) is 10.2 Å². The van der Waals surface area contributed by atoms with Crippen LogP contribution in [0.1, 0.15) is 30.1 Å². The lowest BCUT2D eigenvalue weighted by Crippen LogP contribution is -2.46. The molecule has 1 aliphatic heterocycles. The fraction of sp³-hybridized carbons (Fsp3) is 0.360. The molecule has 1 aromatic heterocycles. The van der Waals surface area contributed by atoms with E-state index >= 15 is 0 Å². The summed E-state index contributed by atoms with van der Waals surface area (Å²) in [4.78, 5) is 28.6. The highest BCUT2D eigenvalue weighted by Gasteiger charge is 2.18. The van der Waals surface area contributed by atoms with Crippen LogP contribution in [0.15, 0.2) is 53.9 Å². The molecular formula is C25H30N4O2S. The molecule has 2 heterocycles. The fourth-order valence-corrected chi connectivity index (χ4v) is 4.98. The van der Waals surface area contributed by atoms with Gasteiger partial charge < -0.3 is 15.5 Å². The monoisotopic (exact) mass is 450 g/mol. The molecule has 1 fully saturated rings. The van der Waals surface area contributed by atoms with Crippen LogP contribution in [0.3, 0.4) is 0 Å². The summed E-state index contributed by atoms with van der Waals surface area (Å²) >= 11 is 1.80. The van der Waals surface area contributed by atoms with E-state index in [2.05, 4.69) is 50.1 Å². The Bertz CT molecular complexity index is 1070. The smallest absolute Gasteiger partial charge is 0.251 e. The maximum absolute atomic E-state index is 12.4. The van der Waals surface area contributed by atoms with Crippen LogP contribution in [-0.2, 0) is 4.79 Å². The van der Waals surface area contributed by atoms with Gasteiger partial charge >= 0.3 is 0 Å². The number of carbonyl (C=O) groups excluding carboxylic acids is 2. The number of thiophene rings is 1. The van der Waals surface area contributed by atoms with Gasteiger partial charge in [0.15, 0.2) is 0 Å². The summed E-state index contributed by atoms with van der Waals surface area (Å²) in [6.45, 7) is 7.42. The normalized spacial score (nSPS) is 14.5. The van der Waals surface area contributed by atoms with E-state index in [1.54, 1.807) is 35.6 Å². The first-order chi connectivity index (χ1) is 15.6. The molecule has 0 unspecified atom stereocenters. The van der Waals surface area contributed by atoms with Gasteiger partial charge in [-0.2, -0.15) is 0 Å². The maximum Gasteiger partial charge on any atom is 0.251 e. The first-order valence-electron chi connectivity index (χ1n) is 11.2. The van der Waals surface area contributed by atoms with E-state index in [0.29, 0.717) is 17.8 Å². The lowest BCUT2D eigenvalue weighted by molar-refractivity contribution is -0.114. The third kappa shape index (κ3) is 5.66. The second kappa shape index (κ2) is 10.6. The molecule has 2 N–H and O–H groups in total. The van der Waals surface area contributed by atoms with Gasteiger partial charge in [-0.3, -0.25) is 14.5 Å². The average Bonchev–Trinajstić information content (AvgIpc) is 3.28. The molecule has 0 atom stereocenters. The lowest BCUT2D eigenvalue weighted by Gasteiger charge is -2.36. The van der Waals surface area contributed by atoms with Crippen molar-refractivity contribution in [3.05, 3.63) is 59.5 Å². The van der Waals surface area contributed by atoms with E-state index in [1.165, 1.54) is 22.7 Å². The zero-order valence-corrected chi connectivity index (χ0v) is 19.3. The number of hydrogen-bond acceptors (Lipinski definition) is 5. The molecule has 7 heteroatoms. The topological polar surface area (TPSA) is 64.7 Å². The number of fused-ring (bicyclic) bond motifs is 1. The highest BCUT2D eigenvalue weighted by Crippen LogP contribution is 2.31. The van der Waals surface area contributed by atoms with Gasteiger partial charge in [-0.25, -0.2) is 0 Å². The Labute approximate surface area is 193 Å². The summed E-state index contributed by atoms with van der Waals surface area (Å²) in [7, 11) is 0. The summed E-state index contributed by atoms with van der Waals surface area (Å²) in [6.07, 6.45) is 2.01. The molecule has 0 radical (unpaired) electrons. The number of carbonyl (C=O) groups is 2. The molecule has 0 aliphatic carbocycles. The number of nitrogens with zero attached hydrogens (tertiary/aromatic N) is 2. The molecule has 6 nitrogen and oxygen atoms in total. The maximum atomic E-state index is 12.4. The minimum Gasteiger partial charge on any atom is -0.368 e. The molecule has 3 aromatic rings. The molecule has 0 bridgehead atoms. The number of unbranched alkanes of at least 4 members (excludes halogenated alkanes) is 1. The number of piperazine rings is 1. The van der Waals surface area contributed by atoms with Gasteiger partial charge in [0.1, 0.15) is 0 Å². The van der Waals surface area contributed by atoms with E-state index in [-0.39, 0.29) is 11.8 Å². The molecule has 0 spiro atoms. The Hall–Kier alpha value is -2.90. The van der Waals surface area contributed by atoms with E-state index in [4.69, 9.17) is 0 Å². The lowest BCUT2D eigenvalue weighted by atomic mass is 10.1. The van der Waals surface area contributed by atoms with E-state index < -0.39 is 0 Å². The molecule has 4 rings (SSSR count). The van der Waals surface area contributed by atoms with Gasteiger partial charge in [0, 0.05) is 66.7 Å². The first kappa shape index (κ1) is 22.3. The van der Waals surface area contributed by atoms with Crippen LogP contribution in [-0.4, -0.2) is 56.0 Å². The summed E-state index contributed by atoms with van der Waals surface area (Å²) < 4.78 is 1.36. The number of hydrogen-bond donors (Lipinski definition) is 2. The SMILES string of the molecule is CC(=O)Nc1cccc(C(=O)NCCCCN2CCN(c3cccc4sccc34)CC2)c1. The zero-order valence-electron chi connectivity index (χ0n) is 18.5. The quantitative estimate of drug-likeness (QED) is 0.505. The van der Waals surface area contributed by atoms with Crippen molar-refractivity contribution in [2.24, 2.45) is 0 Å². The van der Waals surface area contributed by atoms with E-state index in [9.17, 15) is 9.59 Å². The number of amides is 2. The highest BCUT2D eigenvalue weighted by atomic mass is 32.1.